The Labute approximate surface area is 187 Å². The number of aryl methyl sites for hydroxylation is 1. The van der Waals surface area contributed by atoms with Gasteiger partial charge in [-0.15, -0.1) is 0 Å². The molecule has 0 aliphatic heterocycles. The summed E-state index contributed by atoms with van der Waals surface area (Å²) in [5.74, 6) is -0.270. The summed E-state index contributed by atoms with van der Waals surface area (Å²) < 4.78 is 33.1. The lowest BCUT2D eigenvalue weighted by Crippen LogP contribution is -2.20. The average molecular weight is 461 g/mol. The maximum Gasteiger partial charge on any atom is 0.252 e. The van der Waals surface area contributed by atoms with Crippen LogP contribution in [-0.4, -0.2) is 37.4 Å². The molecule has 0 fully saturated rings. The van der Waals surface area contributed by atoms with Crippen molar-refractivity contribution in [1.82, 2.24) is 4.57 Å². The number of sulfone groups is 1. The largest absolute Gasteiger partial charge is 0.380 e. The highest BCUT2D eigenvalue weighted by molar-refractivity contribution is 7.92. The number of fused-ring (bicyclic) bond motifs is 1. The Bertz CT molecular complexity index is 1240. The van der Waals surface area contributed by atoms with Crippen LogP contribution in [-0.2, 0) is 32.3 Å². The molecule has 0 aliphatic carbocycles. The molecule has 1 heterocycles. The molecule has 0 saturated carbocycles. The molecule has 0 aliphatic rings. The van der Waals surface area contributed by atoms with Crippen LogP contribution in [0, 0.1) is 6.92 Å². The van der Waals surface area contributed by atoms with E-state index in [-0.39, 0.29) is 17.2 Å². The predicted octanol–water partition coefficient (Wildman–Crippen LogP) is 3.90. The molecule has 31 heavy (non-hydrogen) atoms. The van der Waals surface area contributed by atoms with Crippen molar-refractivity contribution in [1.29, 1.82) is 0 Å². The van der Waals surface area contributed by atoms with Crippen molar-refractivity contribution >= 4 is 37.3 Å². The summed E-state index contributed by atoms with van der Waals surface area (Å²) in [5.41, 5.74) is 2.92. The molecule has 0 spiro atoms. The summed E-state index contributed by atoms with van der Waals surface area (Å²) in [4.78, 5) is 18.0. The van der Waals surface area contributed by atoms with E-state index >= 15 is 0 Å². The molecular formula is C23H28N2O4S2. The first-order chi connectivity index (χ1) is 14.7. The highest BCUT2D eigenvalue weighted by Gasteiger charge is 2.19. The Morgan fingerprint density at radius 1 is 1.16 bits per heavy atom. The number of carbonyl (C=O) groups excluding carboxylic acids is 1. The summed E-state index contributed by atoms with van der Waals surface area (Å²) in [5, 5.41) is -0.487. The van der Waals surface area contributed by atoms with Crippen LogP contribution in [0.4, 0.5) is 0 Å². The summed E-state index contributed by atoms with van der Waals surface area (Å²) in [6.07, 6.45) is 0.112. The van der Waals surface area contributed by atoms with Crippen molar-refractivity contribution < 1.29 is 17.9 Å². The second-order valence-corrected chi connectivity index (χ2v) is 11.1. The highest BCUT2D eigenvalue weighted by Crippen LogP contribution is 2.19. The SMILES string of the molecule is CCOCCn1c(=NC(=O)Cc2ccc(S(=O)(=O)C(C)C)cc2)sc2cc(C)ccc21. The highest BCUT2D eigenvalue weighted by atomic mass is 32.2. The molecule has 0 N–H and O–H groups in total. The van der Waals surface area contributed by atoms with Crippen LogP contribution in [0.2, 0.25) is 0 Å². The number of amides is 1. The van der Waals surface area contributed by atoms with Crippen molar-refractivity contribution in [2.24, 2.45) is 4.99 Å². The minimum atomic E-state index is -3.33. The van der Waals surface area contributed by atoms with Gasteiger partial charge in [0, 0.05) is 13.2 Å². The van der Waals surface area contributed by atoms with E-state index in [0.717, 1.165) is 21.3 Å². The second-order valence-electron chi connectivity index (χ2n) is 7.62. The van der Waals surface area contributed by atoms with E-state index in [1.54, 1.807) is 38.1 Å². The van der Waals surface area contributed by atoms with Gasteiger partial charge in [0.15, 0.2) is 14.6 Å². The van der Waals surface area contributed by atoms with Crippen LogP contribution in [0.15, 0.2) is 52.4 Å². The normalized spacial score (nSPS) is 12.7. The summed E-state index contributed by atoms with van der Waals surface area (Å²) in [6.45, 7) is 9.09. The van der Waals surface area contributed by atoms with E-state index in [1.807, 2.05) is 30.5 Å². The zero-order valence-electron chi connectivity index (χ0n) is 18.3. The number of nitrogens with zero attached hydrogens (tertiary/aromatic N) is 2. The van der Waals surface area contributed by atoms with Gasteiger partial charge in [-0.3, -0.25) is 4.79 Å². The van der Waals surface area contributed by atoms with Gasteiger partial charge in [0.05, 0.1) is 33.4 Å². The van der Waals surface area contributed by atoms with Crippen molar-refractivity contribution in [2.75, 3.05) is 13.2 Å². The molecular weight excluding hydrogens is 432 g/mol. The first-order valence-corrected chi connectivity index (χ1v) is 12.7. The number of hydrogen-bond donors (Lipinski definition) is 0. The fourth-order valence-corrected chi connectivity index (χ4v) is 5.40. The van der Waals surface area contributed by atoms with Crippen LogP contribution in [0.5, 0.6) is 0 Å². The molecule has 3 aromatic rings. The second kappa shape index (κ2) is 9.89. The van der Waals surface area contributed by atoms with Crippen molar-refractivity contribution in [3.63, 3.8) is 0 Å². The van der Waals surface area contributed by atoms with E-state index < -0.39 is 15.1 Å². The van der Waals surface area contributed by atoms with Crippen LogP contribution in [0.3, 0.4) is 0 Å². The maximum absolute atomic E-state index is 12.7. The molecule has 0 unspecified atom stereocenters. The summed E-state index contributed by atoms with van der Waals surface area (Å²) in [6, 6.07) is 12.7. The van der Waals surface area contributed by atoms with Gasteiger partial charge in [-0.25, -0.2) is 8.42 Å². The Morgan fingerprint density at radius 2 is 1.87 bits per heavy atom. The summed E-state index contributed by atoms with van der Waals surface area (Å²) >= 11 is 1.48. The maximum atomic E-state index is 12.7. The molecule has 0 saturated heterocycles. The number of rotatable bonds is 8. The van der Waals surface area contributed by atoms with Crippen LogP contribution in [0.1, 0.15) is 31.9 Å². The monoisotopic (exact) mass is 460 g/mol. The zero-order chi connectivity index (χ0) is 22.6. The third kappa shape index (κ3) is 5.50. The average Bonchev–Trinajstić information content (AvgIpc) is 3.04. The molecule has 6 nitrogen and oxygen atoms in total. The fraction of sp³-hybridized carbons (Fsp3) is 0.391. The van der Waals surface area contributed by atoms with Gasteiger partial charge in [0.1, 0.15) is 0 Å². The molecule has 0 bridgehead atoms. The van der Waals surface area contributed by atoms with Crippen LogP contribution in [0.25, 0.3) is 10.2 Å². The van der Waals surface area contributed by atoms with Crippen LogP contribution < -0.4 is 4.80 Å². The van der Waals surface area contributed by atoms with E-state index in [0.29, 0.717) is 24.6 Å². The third-order valence-corrected chi connectivity index (χ3v) is 8.16. The van der Waals surface area contributed by atoms with Gasteiger partial charge < -0.3 is 9.30 Å². The molecule has 8 heteroatoms. The van der Waals surface area contributed by atoms with E-state index in [4.69, 9.17) is 4.74 Å². The minimum Gasteiger partial charge on any atom is -0.380 e. The number of carbonyl (C=O) groups is 1. The molecule has 1 aromatic heterocycles. The molecule has 166 valence electrons. The number of benzene rings is 2. The van der Waals surface area contributed by atoms with E-state index in [1.165, 1.54) is 11.3 Å². The van der Waals surface area contributed by atoms with Gasteiger partial charge in [-0.05, 0) is 63.1 Å². The number of thiazole rings is 1. The van der Waals surface area contributed by atoms with Gasteiger partial charge in [0.2, 0.25) is 0 Å². The fourth-order valence-electron chi connectivity index (χ4n) is 3.17. The van der Waals surface area contributed by atoms with Gasteiger partial charge in [-0.2, -0.15) is 4.99 Å². The molecule has 1 amide bonds. The van der Waals surface area contributed by atoms with Gasteiger partial charge in [-0.1, -0.05) is 29.5 Å². The summed E-state index contributed by atoms with van der Waals surface area (Å²) in [7, 11) is -3.33. The minimum absolute atomic E-state index is 0.112. The molecule has 0 atom stereocenters. The Morgan fingerprint density at radius 3 is 2.52 bits per heavy atom. The van der Waals surface area contributed by atoms with E-state index in [2.05, 4.69) is 11.1 Å². The van der Waals surface area contributed by atoms with Gasteiger partial charge >= 0.3 is 0 Å². The number of ether oxygens (including phenoxy) is 1. The topological polar surface area (TPSA) is 77.7 Å². The molecule has 2 aromatic carbocycles. The van der Waals surface area contributed by atoms with Gasteiger partial charge in [0.25, 0.3) is 5.91 Å². The first kappa shape index (κ1) is 23.4. The smallest absolute Gasteiger partial charge is 0.252 e. The Kier molecular flexibility index (Phi) is 7.46. The molecule has 0 radical (unpaired) electrons. The Hall–Kier alpha value is -2.29. The van der Waals surface area contributed by atoms with Crippen molar-refractivity contribution in [3.8, 4) is 0 Å². The van der Waals surface area contributed by atoms with Crippen LogP contribution >= 0.6 is 11.3 Å². The lowest BCUT2D eigenvalue weighted by molar-refractivity contribution is -0.117. The predicted molar refractivity (Wildman–Crippen MR) is 124 cm³/mol. The van der Waals surface area contributed by atoms with Crippen molar-refractivity contribution in [3.05, 3.63) is 58.4 Å². The lowest BCUT2D eigenvalue weighted by atomic mass is 10.1. The van der Waals surface area contributed by atoms with E-state index in [9.17, 15) is 13.2 Å². The zero-order valence-corrected chi connectivity index (χ0v) is 19.9. The standard InChI is InChI=1S/C23H28N2O4S2/c1-5-29-13-12-25-20-11-6-17(4)14-21(20)30-23(25)24-22(26)15-18-7-9-19(10-8-18)31(27,28)16(2)3/h6-11,14,16H,5,12-13,15H2,1-4H3. The first-order valence-electron chi connectivity index (χ1n) is 10.3. The Balaban J connectivity index is 1.87. The third-order valence-electron chi connectivity index (χ3n) is 4.95. The lowest BCUT2D eigenvalue weighted by Gasteiger charge is -2.08. The molecule has 3 rings (SSSR count). The number of aromatic nitrogens is 1. The van der Waals surface area contributed by atoms with Crippen molar-refractivity contribution in [2.45, 2.75) is 50.8 Å². The quantitative estimate of drug-likeness (QED) is 0.478. The number of hydrogen-bond acceptors (Lipinski definition) is 5.